The summed E-state index contributed by atoms with van der Waals surface area (Å²) >= 11 is 0. The van der Waals surface area contributed by atoms with Gasteiger partial charge in [-0.3, -0.25) is 4.79 Å². The van der Waals surface area contributed by atoms with Crippen molar-refractivity contribution in [2.75, 3.05) is 18.9 Å². The summed E-state index contributed by atoms with van der Waals surface area (Å²) < 4.78 is 0. The average Bonchev–Trinajstić information content (AvgIpc) is 2.92. The first-order chi connectivity index (χ1) is 9.13. The summed E-state index contributed by atoms with van der Waals surface area (Å²) in [7, 11) is 0. The molecule has 104 valence electrons. The summed E-state index contributed by atoms with van der Waals surface area (Å²) in [5.74, 6) is -0.0207. The van der Waals surface area contributed by atoms with Crippen molar-refractivity contribution in [2.45, 2.75) is 38.6 Å². The Hall–Kier alpha value is -1.55. The summed E-state index contributed by atoms with van der Waals surface area (Å²) in [4.78, 5) is 14.3. The van der Waals surface area contributed by atoms with Crippen molar-refractivity contribution in [3.05, 3.63) is 29.3 Å². The van der Waals surface area contributed by atoms with Gasteiger partial charge in [0.25, 0.3) is 5.91 Å². The number of carbonyl (C=O) groups is 1. The number of aliphatic hydroxyl groups is 1. The molecule has 0 unspecified atom stereocenters. The number of hydrogen-bond acceptors (Lipinski definition) is 3. The minimum absolute atomic E-state index is 0.00356. The summed E-state index contributed by atoms with van der Waals surface area (Å²) in [6, 6.07) is 5.68. The maximum absolute atomic E-state index is 12.5. The zero-order chi connectivity index (χ0) is 13.8. The molecular formula is C15H22N2O2. The van der Waals surface area contributed by atoms with Gasteiger partial charge in [-0.15, -0.1) is 0 Å². The van der Waals surface area contributed by atoms with E-state index in [4.69, 9.17) is 5.73 Å². The number of rotatable bonds is 4. The number of aryl methyl sites for hydroxylation is 1. The quantitative estimate of drug-likeness (QED) is 0.815. The van der Waals surface area contributed by atoms with E-state index < -0.39 is 0 Å². The van der Waals surface area contributed by atoms with Gasteiger partial charge in [-0.25, -0.2) is 0 Å². The lowest BCUT2D eigenvalue weighted by molar-refractivity contribution is 0.0638. The highest BCUT2D eigenvalue weighted by molar-refractivity contribution is 5.95. The maximum atomic E-state index is 12.5. The molecule has 1 aromatic rings. The number of nitrogens with zero attached hydrogens (tertiary/aromatic N) is 1. The molecule has 0 heterocycles. The largest absolute Gasteiger partial charge is 0.398 e. The van der Waals surface area contributed by atoms with Crippen LogP contribution in [0.3, 0.4) is 0 Å². The predicted molar refractivity (Wildman–Crippen MR) is 76.0 cm³/mol. The summed E-state index contributed by atoms with van der Waals surface area (Å²) in [6.07, 6.45) is 4.39. The number of aliphatic hydroxyl groups excluding tert-OH is 1. The average molecular weight is 262 g/mol. The second kappa shape index (κ2) is 6.06. The van der Waals surface area contributed by atoms with E-state index in [9.17, 15) is 9.90 Å². The van der Waals surface area contributed by atoms with Crippen LogP contribution >= 0.6 is 0 Å². The highest BCUT2D eigenvalue weighted by Crippen LogP contribution is 2.25. The van der Waals surface area contributed by atoms with Gasteiger partial charge in [0.1, 0.15) is 0 Å². The minimum Gasteiger partial charge on any atom is -0.398 e. The van der Waals surface area contributed by atoms with Crippen molar-refractivity contribution in [3.8, 4) is 0 Å². The molecule has 0 radical (unpaired) electrons. The Bertz CT molecular complexity index is 453. The Morgan fingerprint density at radius 3 is 2.68 bits per heavy atom. The molecule has 0 aliphatic heterocycles. The van der Waals surface area contributed by atoms with E-state index in [2.05, 4.69) is 0 Å². The van der Waals surface area contributed by atoms with Crippen LogP contribution in [0.1, 0.15) is 41.6 Å². The topological polar surface area (TPSA) is 66.6 Å². The highest BCUT2D eigenvalue weighted by atomic mass is 16.3. The second-order valence-electron chi connectivity index (χ2n) is 5.23. The first kappa shape index (κ1) is 13.9. The molecule has 4 nitrogen and oxygen atoms in total. The normalized spacial score (nSPS) is 15.7. The number of nitrogens with two attached hydrogens (primary N) is 1. The molecule has 1 saturated carbocycles. The van der Waals surface area contributed by atoms with E-state index in [1.807, 2.05) is 19.1 Å². The van der Waals surface area contributed by atoms with E-state index in [0.717, 1.165) is 31.2 Å². The molecule has 1 aliphatic rings. The molecule has 4 heteroatoms. The Kier molecular flexibility index (Phi) is 4.43. The molecule has 0 atom stereocenters. The number of anilines is 1. The van der Waals surface area contributed by atoms with Crippen LogP contribution in [0.2, 0.25) is 0 Å². The van der Waals surface area contributed by atoms with Crippen molar-refractivity contribution in [2.24, 2.45) is 0 Å². The standard InChI is InChI=1S/C15H22N2O2/c1-11-6-7-12(10-14(11)16)15(19)17(8-9-18)13-4-2-3-5-13/h6-7,10,13,18H,2-5,8-9,16H2,1H3. The Morgan fingerprint density at radius 1 is 1.42 bits per heavy atom. The third kappa shape index (κ3) is 3.07. The molecule has 0 spiro atoms. The fraction of sp³-hybridized carbons (Fsp3) is 0.533. The molecule has 1 amide bonds. The van der Waals surface area contributed by atoms with Crippen molar-refractivity contribution >= 4 is 11.6 Å². The maximum Gasteiger partial charge on any atom is 0.254 e. The van der Waals surface area contributed by atoms with Crippen LogP contribution in [-0.2, 0) is 0 Å². The van der Waals surface area contributed by atoms with Crippen LogP contribution in [0.4, 0.5) is 5.69 Å². The summed E-state index contributed by atoms with van der Waals surface area (Å²) in [6.45, 7) is 2.33. The van der Waals surface area contributed by atoms with Crippen LogP contribution in [0.15, 0.2) is 18.2 Å². The van der Waals surface area contributed by atoms with E-state index in [1.54, 1.807) is 11.0 Å². The second-order valence-corrected chi connectivity index (χ2v) is 5.23. The van der Waals surface area contributed by atoms with E-state index in [-0.39, 0.29) is 18.6 Å². The van der Waals surface area contributed by atoms with Crippen molar-refractivity contribution < 1.29 is 9.90 Å². The van der Waals surface area contributed by atoms with Crippen LogP contribution in [0.5, 0.6) is 0 Å². The third-order valence-corrected chi connectivity index (χ3v) is 3.89. The molecular weight excluding hydrogens is 240 g/mol. The molecule has 0 aromatic heterocycles. The van der Waals surface area contributed by atoms with Gasteiger partial charge in [0.2, 0.25) is 0 Å². The smallest absolute Gasteiger partial charge is 0.254 e. The van der Waals surface area contributed by atoms with Crippen LogP contribution < -0.4 is 5.73 Å². The molecule has 1 aliphatic carbocycles. The Balaban J connectivity index is 2.20. The molecule has 1 fully saturated rings. The SMILES string of the molecule is Cc1ccc(C(=O)N(CCO)C2CCCC2)cc1N. The van der Waals surface area contributed by atoms with Gasteiger partial charge in [-0.2, -0.15) is 0 Å². The number of amides is 1. The monoisotopic (exact) mass is 262 g/mol. The predicted octanol–water partition coefficient (Wildman–Crippen LogP) is 1.95. The van der Waals surface area contributed by atoms with E-state index in [0.29, 0.717) is 17.8 Å². The number of carbonyl (C=O) groups excluding carboxylic acids is 1. The molecule has 2 rings (SSSR count). The van der Waals surface area contributed by atoms with Gasteiger partial charge in [0.15, 0.2) is 0 Å². The molecule has 1 aromatic carbocycles. The molecule has 19 heavy (non-hydrogen) atoms. The van der Waals surface area contributed by atoms with Gasteiger partial charge < -0.3 is 15.7 Å². The number of benzene rings is 1. The summed E-state index contributed by atoms with van der Waals surface area (Å²) in [5.41, 5.74) is 8.10. The lowest BCUT2D eigenvalue weighted by Gasteiger charge is -2.28. The number of hydrogen-bond donors (Lipinski definition) is 2. The molecule has 3 N–H and O–H groups in total. The Labute approximate surface area is 114 Å². The first-order valence-corrected chi connectivity index (χ1v) is 6.91. The van der Waals surface area contributed by atoms with Crippen LogP contribution in [0, 0.1) is 6.92 Å². The van der Waals surface area contributed by atoms with Crippen molar-refractivity contribution in [1.82, 2.24) is 4.90 Å². The van der Waals surface area contributed by atoms with Gasteiger partial charge in [-0.05, 0) is 37.5 Å². The van der Waals surface area contributed by atoms with Gasteiger partial charge in [0.05, 0.1) is 6.61 Å². The van der Waals surface area contributed by atoms with Gasteiger partial charge >= 0.3 is 0 Å². The zero-order valence-corrected chi connectivity index (χ0v) is 11.4. The van der Waals surface area contributed by atoms with Crippen LogP contribution in [0.25, 0.3) is 0 Å². The minimum atomic E-state index is -0.0207. The van der Waals surface area contributed by atoms with Gasteiger partial charge in [0, 0.05) is 23.8 Å². The molecule has 0 saturated heterocycles. The molecule has 0 bridgehead atoms. The van der Waals surface area contributed by atoms with E-state index >= 15 is 0 Å². The van der Waals surface area contributed by atoms with Gasteiger partial charge in [-0.1, -0.05) is 18.9 Å². The fourth-order valence-corrected chi connectivity index (χ4v) is 2.71. The lowest BCUT2D eigenvalue weighted by atomic mass is 10.1. The fourth-order valence-electron chi connectivity index (χ4n) is 2.71. The van der Waals surface area contributed by atoms with Crippen molar-refractivity contribution in [1.29, 1.82) is 0 Å². The van der Waals surface area contributed by atoms with E-state index in [1.165, 1.54) is 0 Å². The lowest BCUT2D eigenvalue weighted by Crippen LogP contribution is -2.40. The first-order valence-electron chi connectivity index (χ1n) is 6.91. The Morgan fingerprint density at radius 2 is 2.11 bits per heavy atom. The zero-order valence-electron chi connectivity index (χ0n) is 11.4. The summed E-state index contributed by atoms with van der Waals surface area (Å²) in [5, 5.41) is 9.17. The third-order valence-electron chi connectivity index (χ3n) is 3.89. The van der Waals surface area contributed by atoms with Crippen molar-refractivity contribution in [3.63, 3.8) is 0 Å². The highest BCUT2D eigenvalue weighted by Gasteiger charge is 2.27. The van der Waals surface area contributed by atoms with Crippen LogP contribution in [-0.4, -0.2) is 35.1 Å². The number of nitrogen functional groups attached to an aromatic ring is 1.